The Bertz CT molecular complexity index is 890. The van der Waals surface area contributed by atoms with Crippen LogP contribution in [0.3, 0.4) is 0 Å². The Morgan fingerprint density at radius 2 is 1.73 bits per heavy atom. The minimum absolute atomic E-state index is 0.0124. The van der Waals surface area contributed by atoms with Crippen LogP contribution in [-0.2, 0) is 18.7 Å². The maximum atomic E-state index is 14.0. The molecule has 230 valence electrons. The van der Waals surface area contributed by atoms with E-state index in [1.54, 1.807) is 0 Å². The molecule has 4 nitrogen and oxygen atoms in total. The van der Waals surface area contributed by atoms with Gasteiger partial charge in [-0.1, -0.05) is 41.5 Å². The maximum absolute atomic E-state index is 14.0. The van der Waals surface area contributed by atoms with Crippen LogP contribution in [0.2, 0.25) is 18.1 Å². The molecule has 0 aromatic carbocycles. The summed E-state index contributed by atoms with van der Waals surface area (Å²) in [5, 5.41) is 0.279. The van der Waals surface area contributed by atoms with E-state index in [4.69, 9.17) is 13.9 Å². The smallest absolute Gasteiger partial charge is 0.191 e. The van der Waals surface area contributed by atoms with E-state index in [0.717, 1.165) is 51.2 Å². The summed E-state index contributed by atoms with van der Waals surface area (Å²) in [6.45, 7) is 21.1. The lowest BCUT2D eigenvalue weighted by molar-refractivity contribution is -0.211. The highest BCUT2D eigenvalue weighted by molar-refractivity contribution is 6.74. The van der Waals surface area contributed by atoms with Crippen molar-refractivity contribution in [2.45, 2.75) is 156 Å². The SMILES string of the molecule is C[C@H](CCCO[Si](C)(C)C(C)(C)C)[C@H]1CC[C@H]2[C@@H]3C(=O)C[C@H]4C[C@H](OC5CCCCO5)CC[C@]4(C)[C@H]3CC[C@]12C. The van der Waals surface area contributed by atoms with E-state index >= 15 is 0 Å². The van der Waals surface area contributed by atoms with Crippen LogP contribution >= 0.6 is 0 Å². The van der Waals surface area contributed by atoms with Crippen LogP contribution in [0.25, 0.3) is 0 Å². The van der Waals surface area contributed by atoms with Crippen LogP contribution in [0.5, 0.6) is 0 Å². The second-order valence-electron chi connectivity index (χ2n) is 16.9. The first-order valence-electron chi connectivity index (χ1n) is 17.2. The molecule has 0 spiro atoms. The summed E-state index contributed by atoms with van der Waals surface area (Å²) in [4.78, 5) is 14.0. The zero-order valence-electron chi connectivity index (χ0n) is 27.4. The molecule has 4 aliphatic carbocycles. The predicted molar refractivity (Wildman–Crippen MR) is 166 cm³/mol. The minimum atomic E-state index is -1.67. The molecule has 1 heterocycles. The number of hydrogen-bond donors (Lipinski definition) is 0. The van der Waals surface area contributed by atoms with Crippen molar-refractivity contribution < 1.29 is 18.7 Å². The quantitative estimate of drug-likeness (QED) is 0.165. The van der Waals surface area contributed by atoms with Crippen molar-refractivity contribution in [1.29, 1.82) is 0 Å². The molecular formula is C35H62O4Si. The highest BCUT2D eigenvalue weighted by Crippen LogP contribution is 2.67. The number of Topliss-reactive ketones (excluding diaryl/α,β-unsaturated/α-hetero) is 1. The maximum Gasteiger partial charge on any atom is 0.191 e. The number of carbonyl (C=O) groups is 1. The lowest BCUT2D eigenvalue weighted by atomic mass is 9.44. The molecule has 0 bridgehead atoms. The van der Waals surface area contributed by atoms with Gasteiger partial charge in [-0.25, -0.2) is 0 Å². The van der Waals surface area contributed by atoms with Crippen LogP contribution in [0.15, 0.2) is 0 Å². The molecule has 0 aromatic rings. The van der Waals surface area contributed by atoms with Crippen LogP contribution in [0, 0.1) is 46.3 Å². The number of ether oxygens (including phenoxy) is 2. The molecule has 0 N–H and O–H groups in total. The summed E-state index contributed by atoms with van der Waals surface area (Å²) in [6.07, 6.45) is 15.5. The number of rotatable bonds is 8. The van der Waals surface area contributed by atoms with Crippen molar-refractivity contribution in [1.82, 2.24) is 0 Å². The molecule has 4 saturated carbocycles. The van der Waals surface area contributed by atoms with Crippen LogP contribution < -0.4 is 0 Å². The van der Waals surface area contributed by atoms with Crippen LogP contribution in [0.4, 0.5) is 0 Å². The number of ketones is 1. The monoisotopic (exact) mass is 574 g/mol. The molecule has 40 heavy (non-hydrogen) atoms. The normalized spacial score (nSPS) is 43.1. The van der Waals surface area contributed by atoms with Gasteiger partial charge in [0.2, 0.25) is 0 Å². The van der Waals surface area contributed by atoms with Gasteiger partial charge in [-0.3, -0.25) is 4.79 Å². The van der Waals surface area contributed by atoms with Gasteiger partial charge in [-0.15, -0.1) is 0 Å². The summed E-state index contributed by atoms with van der Waals surface area (Å²) >= 11 is 0. The van der Waals surface area contributed by atoms with Gasteiger partial charge in [-0.05, 0) is 136 Å². The second kappa shape index (κ2) is 11.7. The van der Waals surface area contributed by atoms with Crippen molar-refractivity contribution in [3.05, 3.63) is 0 Å². The van der Waals surface area contributed by atoms with Crippen molar-refractivity contribution >= 4 is 14.1 Å². The standard InChI is InChI=1S/C35H62O4Si/c1-24(12-11-21-38-40(7,8)33(2,3)4)27-14-15-28-32-29(17-19-35(27,28)6)34(5)18-16-26(22-25(34)23-30(32)36)39-31-13-9-10-20-37-31/h24-29,31-32H,9-23H2,1-8H3/t24-,25-,26-,27-,28+,29+,31?,32+,34+,35-/m1/s1. The van der Waals surface area contributed by atoms with Gasteiger partial charge in [0, 0.05) is 25.6 Å². The summed E-state index contributed by atoms with van der Waals surface area (Å²) in [7, 11) is -1.67. The van der Waals surface area contributed by atoms with Gasteiger partial charge in [0.05, 0.1) is 6.10 Å². The van der Waals surface area contributed by atoms with E-state index in [1.807, 2.05) is 0 Å². The third kappa shape index (κ3) is 5.81. The first kappa shape index (κ1) is 31.2. The molecule has 0 amide bonds. The molecule has 1 unspecified atom stereocenters. The lowest BCUT2D eigenvalue weighted by Crippen LogP contribution is -2.57. The van der Waals surface area contributed by atoms with Gasteiger partial charge >= 0.3 is 0 Å². The molecule has 5 rings (SSSR count). The topological polar surface area (TPSA) is 44.8 Å². The molecule has 5 heteroatoms. The lowest BCUT2D eigenvalue weighted by Gasteiger charge is -2.60. The van der Waals surface area contributed by atoms with E-state index in [9.17, 15) is 4.79 Å². The van der Waals surface area contributed by atoms with Gasteiger partial charge in [0.15, 0.2) is 14.6 Å². The molecule has 0 aromatic heterocycles. The Hall–Kier alpha value is -0.233. The Kier molecular flexibility index (Phi) is 9.12. The van der Waals surface area contributed by atoms with Crippen molar-refractivity contribution in [3.8, 4) is 0 Å². The van der Waals surface area contributed by atoms with Gasteiger partial charge in [0.1, 0.15) is 5.78 Å². The Balaban J connectivity index is 1.19. The van der Waals surface area contributed by atoms with E-state index < -0.39 is 8.32 Å². The van der Waals surface area contributed by atoms with Crippen molar-refractivity contribution in [3.63, 3.8) is 0 Å². The molecule has 1 aliphatic heterocycles. The Morgan fingerprint density at radius 3 is 2.42 bits per heavy atom. The highest BCUT2D eigenvalue weighted by Gasteiger charge is 2.63. The fraction of sp³-hybridized carbons (Fsp3) is 0.971. The van der Waals surface area contributed by atoms with E-state index in [2.05, 4.69) is 54.6 Å². The third-order valence-corrected chi connectivity index (χ3v) is 18.3. The zero-order chi connectivity index (χ0) is 28.9. The molecule has 0 radical (unpaired) electrons. The highest BCUT2D eigenvalue weighted by atomic mass is 28.4. The zero-order valence-corrected chi connectivity index (χ0v) is 28.4. The van der Waals surface area contributed by atoms with E-state index in [-0.39, 0.29) is 17.4 Å². The summed E-state index contributed by atoms with van der Waals surface area (Å²) in [6, 6.07) is 0. The first-order chi connectivity index (χ1) is 18.8. The largest absolute Gasteiger partial charge is 0.417 e. The summed E-state index contributed by atoms with van der Waals surface area (Å²) < 4.78 is 18.9. The molecule has 5 aliphatic rings. The minimum Gasteiger partial charge on any atom is -0.417 e. The van der Waals surface area contributed by atoms with Crippen LogP contribution in [-0.4, -0.2) is 39.7 Å². The average molecular weight is 575 g/mol. The predicted octanol–water partition coefficient (Wildman–Crippen LogP) is 9.17. The number of hydrogen-bond acceptors (Lipinski definition) is 4. The molecule has 1 saturated heterocycles. The average Bonchev–Trinajstić information content (AvgIpc) is 3.24. The fourth-order valence-electron chi connectivity index (χ4n) is 10.2. The van der Waals surface area contributed by atoms with Gasteiger partial charge in [0.25, 0.3) is 0 Å². The fourth-order valence-corrected chi connectivity index (χ4v) is 11.3. The van der Waals surface area contributed by atoms with Crippen LogP contribution in [0.1, 0.15) is 125 Å². The van der Waals surface area contributed by atoms with Crippen molar-refractivity contribution in [2.75, 3.05) is 13.2 Å². The van der Waals surface area contributed by atoms with Gasteiger partial charge in [-0.2, -0.15) is 0 Å². The van der Waals surface area contributed by atoms with E-state index in [0.29, 0.717) is 46.2 Å². The summed E-state index contributed by atoms with van der Waals surface area (Å²) in [5.74, 6) is 4.04. The molecule has 5 fully saturated rings. The third-order valence-electron chi connectivity index (χ3n) is 13.7. The number of fused-ring (bicyclic) bond motifs is 5. The molecular weight excluding hydrogens is 512 g/mol. The Morgan fingerprint density at radius 1 is 1.00 bits per heavy atom. The van der Waals surface area contributed by atoms with Crippen molar-refractivity contribution in [2.24, 2.45) is 46.3 Å². The van der Waals surface area contributed by atoms with Gasteiger partial charge < -0.3 is 13.9 Å². The first-order valence-corrected chi connectivity index (χ1v) is 20.1. The molecule has 10 atom stereocenters. The Labute approximate surface area is 247 Å². The number of carbonyl (C=O) groups excluding carboxylic acids is 1. The van der Waals surface area contributed by atoms with E-state index in [1.165, 1.54) is 51.4 Å². The second-order valence-corrected chi connectivity index (χ2v) is 21.7. The summed E-state index contributed by atoms with van der Waals surface area (Å²) in [5.41, 5.74) is 0.635.